The van der Waals surface area contributed by atoms with Crippen molar-refractivity contribution in [1.29, 1.82) is 0 Å². The lowest BCUT2D eigenvalue weighted by Gasteiger charge is -2.06. The zero-order valence-corrected chi connectivity index (χ0v) is 16.0. The molecule has 0 spiro atoms. The van der Waals surface area contributed by atoms with Gasteiger partial charge in [0.2, 0.25) is 17.8 Å². The predicted octanol–water partition coefficient (Wildman–Crippen LogP) is 1.51. The number of hydrogen-bond donors (Lipinski definition) is 4. The highest BCUT2D eigenvalue weighted by molar-refractivity contribution is 6.11. The zero-order chi connectivity index (χ0) is 21.7. The second-order valence-electron chi connectivity index (χ2n) is 6.50. The molecule has 3 rings (SSSR count). The van der Waals surface area contributed by atoms with Crippen LogP contribution in [0.1, 0.15) is 12.0 Å². The van der Waals surface area contributed by atoms with Crippen LogP contribution in [0.5, 0.6) is 0 Å². The topological polar surface area (TPSA) is 164 Å². The van der Waals surface area contributed by atoms with Gasteiger partial charge in [-0.3, -0.25) is 25.0 Å². The van der Waals surface area contributed by atoms with Crippen LogP contribution in [0.2, 0.25) is 0 Å². The number of non-ortho nitro benzene ring substituents is 1. The summed E-state index contributed by atoms with van der Waals surface area (Å²) in [6.45, 7) is 1.96. The molecule has 0 saturated heterocycles. The third-order valence-corrected chi connectivity index (χ3v) is 4.11. The molecule has 0 fully saturated rings. The molecule has 11 nitrogen and oxygen atoms in total. The molecular weight excluding hydrogens is 390 g/mol. The highest BCUT2D eigenvalue weighted by atomic mass is 16.6. The second kappa shape index (κ2) is 8.82. The van der Waals surface area contributed by atoms with Crippen LogP contribution in [-0.4, -0.2) is 34.7 Å². The van der Waals surface area contributed by atoms with E-state index in [0.717, 1.165) is 11.3 Å². The van der Waals surface area contributed by atoms with Gasteiger partial charge in [0, 0.05) is 23.5 Å². The van der Waals surface area contributed by atoms with Crippen molar-refractivity contribution >= 4 is 40.8 Å². The number of carbonyl (C=O) groups is 2. The van der Waals surface area contributed by atoms with Crippen LogP contribution in [0.25, 0.3) is 0 Å². The van der Waals surface area contributed by atoms with Gasteiger partial charge < -0.3 is 16.4 Å². The first kappa shape index (κ1) is 20.5. The summed E-state index contributed by atoms with van der Waals surface area (Å²) in [4.78, 5) is 42.4. The first-order valence-corrected chi connectivity index (χ1v) is 8.91. The summed E-state index contributed by atoms with van der Waals surface area (Å²) in [6.07, 6.45) is -0.215. The van der Waals surface area contributed by atoms with E-state index in [-0.39, 0.29) is 24.0 Å². The number of nitro groups is 1. The van der Waals surface area contributed by atoms with E-state index in [1.807, 2.05) is 31.2 Å². The fourth-order valence-corrected chi connectivity index (χ4v) is 2.61. The highest BCUT2D eigenvalue weighted by Crippen LogP contribution is 2.16. The first-order chi connectivity index (χ1) is 14.3. The number of nitrogens with one attached hydrogen (secondary N) is 3. The van der Waals surface area contributed by atoms with Crippen LogP contribution in [0.15, 0.2) is 58.5 Å². The number of anilines is 2. The maximum absolute atomic E-state index is 12.2. The lowest BCUT2D eigenvalue weighted by molar-refractivity contribution is -0.384. The third-order valence-electron chi connectivity index (χ3n) is 4.11. The van der Waals surface area contributed by atoms with Crippen LogP contribution in [0.4, 0.5) is 17.1 Å². The fourth-order valence-electron chi connectivity index (χ4n) is 2.61. The summed E-state index contributed by atoms with van der Waals surface area (Å²) < 4.78 is 0. The van der Waals surface area contributed by atoms with E-state index in [2.05, 4.69) is 25.9 Å². The van der Waals surface area contributed by atoms with Gasteiger partial charge in [0.1, 0.15) is 6.04 Å². The molecule has 30 heavy (non-hydrogen) atoms. The molecule has 11 heteroatoms. The Morgan fingerprint density at radius 2 is 1.77 bits per heavy atom. The molecule has 1 atom stereocenters. The van der Waals surface area contributed by atoms with Gasteiger partial charge in [-0.2, -0.15) is 4.99 Å². The summed E-state index contributed by atoms with van der Waals surface area (Å²) in [5, 5.41) is 18.6. The average Bonchev–Trinajstić information content (AvgIpc) is 3.02. The Morgan fingerprint density at radius 3 is 2.40 bits per heavy atom. The van der Waals surface area contributed by atoms with Crippen molar-refractivity contribution in [3.63, 3.8) is 0 Å². The number of guanidine groups is 2. The standard InChI is InChI=1S/C19H19N7O4/c1-11-2-4-13(5-3-11)22-18(20)25-19-23-15(17(28)24-19)10-16(27)21-12-6-8-14(9-7-12)26(29)30/h2-9,15H,10H2,1H3,(H,21,27)(H4,20,22,23,24,25,28). The molecule has 154 valence electrons. The number of benzene rings is 2. The number of nitro benzene ring substituents is 1. The van der Waals surface area contributed by atoms with Gasteiger partial charge in [0.05, 0.1) is 11.3 Å². The Labute approximate surface area is 171 Å². The molecule has 1 aliphatic rings. The molecule has 1 heterocycles. The van der Waals surface area contributed by atoms with Gasteiger partial charge in [-0.05, 0) is 31.2 Å². The molecule has 0 aromatic heterocycles. The maximum atomic E-state index is 12.2. The maximum Gasteiger partial charge on any atom is 0.269 e. The number of hydrogen-bond acceptors (Lipinski definition) is 6. The van der Waals surface area contributed by atoms with Crippen LogP contribution in [0, 0.1) is 17.0 Å². The summed E-state index contributed by atoms with van der Waals surface area (Å²) in [5.41, 5.74) is 7.94. The average molecular weight is 409 g/mol. The minimum atomic E-state index is -0.950. The van der Waals surface area contributed by atoms with Crippen LogP contribution < -0.4 is 21.7 Å². The van der Waals surface area contributed by atoms with E-state index in [4.69, 9.17) is 5.73 Å². The largest absolute Gasteiger partial charge is 0.369 e. The number of aliphatic imine (C=N–C) groups is 2. The van der Waals surface area contributed by atoms with Crippen molar-refractivity contribution in [3.8, 4) is 0 Å². The Hall–Kier alpha value is -4.28. The number of carbonyl (C=O) groups excluding carboxylic acids is 2. The molecule has 2 aromatic carbocycles. The van der Waals surface area contributed by atoms with Gasteiger partial charge in [-0.15, -0.1) is 0 Å². The normalized spacial score (nSPS) is 15.9. The van der Waals surface area contributed by atoms with Gasteiger partial charge in [0.15, 0.2) is 0 Å². The molecule has 0 saturated carbocycles. The summed E-state index contributed by atoms with van der Waals surface area (Å²) in [5.74, 6) is -0.904. The minimum absolute atomic E-state index is 0.00486. The van der Waals surface area contributed by atoms with E-state index in [1.165, 1.54) is 24.3 Å². The number of nitrogens with zero attached hydrogens (tertiary/aromatic N) is 3. The van der Waals surface area contributed by atoms with Gasteiger partial charge in [0.25, 0.3) is 11.6 Å². The smallest absolute Gasteiger partial charge is 0.269 e. The van der Waals surface area contributed by atoms with Crippen LogP contribution in [-0.2, 0) is 9.59 Å². The molecule has 0 aliphatic carbocycles. The SMILES string of the molecule is Cc1ccc(N/C(N)=N/C2=NC(CC(=O)Nc3ccc([N+](=O)[O-])cc3)C(=O)N2)cc1. The Kier molecular flexibility index (Phi) is 6.01. The van der Waals surface area contributed by atoms with Gasteiger partial charge in [-0.1, -0.05) is 17.7 Å². The number of aryl methyl sites for hydroxylation is 1. The lowest BCUT2D eigenvalue weighted by Crippen LogP contribution is -2.32. The molecule has 0 radical (unpaired) electrons. The van der Waals surface area contributed by atoms with E-state index in [9.17, 15) is 19.7 Å². The molecule has 5 N–H and O–H groups in total. The Bertz CT molecular complexity index is 1030. The van der Waals surface area contributed by atoms with E-state index < -0.39 is 22.8 Å². The van der Waals surface area contributed by atoms with Crippen molar-refractivity contribution in [2.24, 2.45) is 15.7 Å². The van der Waals surface area contributed by atoms with Crippen molar-refractivity contribution in [2.75, 3.05) is 10.6 Å². The Morgan fingerprint density at radius 1 is 1.17 bits per heavy atom. The van der Waals surface area contributed by atoms with Crippen molar-refractivity contribution in [3.05, 3.63) is 64.2 Å². The van der Waals surface area contributed by atoms with Crippen molar-refractivity contribution in [2.45, 2.75) is 19.4 Å². The number of nitrogens with two attached hydrogens (primary N) is 1. The molecule has 1 unspecified atom stereocenters. The first-order valence-electron chi connectivity index (χ1n) is 8.91. The van der Waals surface area contributed by atoms with Crippen LogP contribution in [0.3, 0.4) is 0 Å². The van der Waals surface area contributed by atoms with E-state index in [1.54, 1.807) is 0 Å². The Balaban J connectivity index is 1.58. The third kappa shape index (κ3) is 5.38. The number of rotatable bonds is 5. The molecular formula is C19H19N7O4. The van der Waals surface area contributed by atoms with Crippen molar-refractivity contribution in [1.82, 2.24) is 5.32 Å². The number of amides is 2. The summed E-state index contributed by atoms with van der Waals surface area (Å²) >= 11 is 0. The minimum Gasteiger partial charge on any atom is -0.369 e. The monoisotopic (exact) mass is 409 g/mol. The predicted molar refractivity (Wildman–Crippen MR) is 112 cm³/mol. The second-order valence-corrected chi connectivity index (χ2v) is 6.50. The van der Waals surface area contributed by atoms with Gasteiger partial charge >= 0.3 is 0 Å². The molecule has 2 amide bonds. The van der Waals surface area contributed by atoms with Crippen molar-refractivity contribution < 1.29 is 14.5 Å². The summed E-state index contributed by atoms with van der Waals surface area (Å²) in [7, 11) is 0. The van der Waals surface area contributed by atoms with Crippen LogP contribution >= 0.6 is 0 Å². The highest BCUT2D eigenvalue weighted by Gasteiger charge is 2.28. The lowest BCUT2D eigenvalue weighted by atomic mass is 10.2. The van der Waals surface area contributed by atoms with E-state index >= 15 is 0 Å². The fraction of sp³-hybridized carbons (Fsp3) is 0.158. The quantitative estimate of drug-likeness (QED) is 0.253. The zero-order valence-electron chi connectivity index (χ0n) is 16.0. The molecule has 1 aliphatic heterocycles. The summed E-state index contributed by atoms with van der Waals surface area (Å²) in [6, 6.07) is 11.9. The molecule has 2 aromatic rings. The molecule has 0 bridgehead atoms. The van der Waals surface area contributed by atoms with Gasteiger partial charge in [-0.25, -0.2) is 4.99 Å². The van der Waals surface area contributed by atoms with E-state index in [0.29, 0.717) is 5.69 Å².